The number of hydrogen-bond donors (Lipinski definition) is 1. The summed E-state index contributed by atoms with van der Waals surface area (Å²) in [5.74, 6) is 1.63. The van der Waals surface area contributed by atoms with Crippen molar-refractivity contribution in [2.75, 3.05) is 11.9 Å². The lowest BCUT2D eigenvalue weighted by Crippen LogP contribution is -2.11. The number of aromatic nitrogens is 4. The van der Waals surface area contributed by atoms with Gasteiger partial charge in [-0.2, -0.15) is 5.10 Å². The van der Waals surface area contributed by atoms with E-state index in [4.69, 9.17) is 0 Å². The van der Waals surface area contributed by atoms with Gasteiger partial charge in [0, 0.05) is 25.1 Å². The maximum Gasteiger partial charge on any atom is 0.129 e. The number of nitrogens with zero attached hydrogens (tertiary/aromatic N) is 4. The van der Waals surface area contributed by atoms with Crippen molar-refractivity contribution in [3.05, 3.63) is 36.5 Å². The Morgan fingerprint density at radius 1 is 1.40 bits per heavy atom. The highest BCUT2D eigenvalue weighted by Crippen LogP contribution is 2.00. The van der Waals surface area contributed by atoms with Crippen molar-refractivity contribution in [2.24, 2.45) is 0 Å². The summed E-state index contributed by atoms with van der Waals surface area (Å²) in [7, 11) is 0. The molecule has 2 aromatic heterocycles. The molecule has 2 rings (SSSR count). The van der Waals surface area contributed by atoms with Gasteiger partial charge < -0.3 is 5.32 Å². The summed E-state index contributed by atoms with van der Waals surface area (Å²) in [6.45, 7) is 3.51. The second kappa shape index (κ2) is 4.54. The quantitative estimate of drug-likeness (QED) is 0.808. The van der Waals surface area contributed by atoms with E-state index in [-0.39, 0.29) is 0 Å². The fourth-order valence-electron chi connectivity index (χ4n) is 1.29. The Morgan fingerprint density at radius 2 is 2.33 bits per heavy atom. The third kappa shape index (κ3) is 2.77. The second-order valence-electron chi connectivity index (χ2n) is 3.19. The van der Waals surface area contributed by atoms with Gasteiger partial charge in [-0.1, -0.05) is 0 Å². The second-order valence-corrected chi connectivity index (χ2v) is 3.19. The summed E-state index contributed by atoms with van der Waals surface area (Å²) >= 11 is 0. The van der Waals surface area contributed by atoms with Crippen molar-refractivity contribution in [3.8, 4) is 0 Å². The Kier molecular flexibility index (Phi) is 2.92. The molecular formula is C10H13N5. The molecule has 1 N–H and O–H groups in total. The molecule has 0 aromatic carbocycles. The summed E-state index contributed by atoms with van der Waals surface area (Å²) in [4.78, 5) is 8.27. The van der Waals surface area contributed by atoms with Crippen LogP contribution in [0.15, 0.2) is 30.7 Å². The Hall–Kier alpha value is -1.91. The highest BCUT2D eigenvalue weighted by atomic mass is 15.3. The molecule has 78 valence electrons. The van der Waals surface area contributed by atoms with Crippen LogP contribution >= 0.6 is 0 Å². The first kappa shape index (κ1) is 9.64. The summed E-state index contributed by atoms with van der Waals surface area (Å²) in [6.07, 6.45) is 5.46. The van der Waals surface area contributed by atoms with Crippen molar-refractivity contribution >= 4 is 5.82 Å². The molecule has 0 fully saturated rings. The van der Waals surface area contributed by atoms with E-state index in [9.17, 15) is 0 Å². The molecule has 0 spiro atoms. The predicted octanol–water partition coefficient (Wildman–Crippen LogP) is 1.09. The first-order valence-corrected chi connectivity index (χ1v) is 4.85. The lowest BCUT2D eigenvalue weighted by atomic mass is 10.5. The van der Waals surface area contributed by atoms with Crippen LogP contribution in [0.1, 0.15) is 5.82 Å². The zero-order valence-corrected chi connectivity index (χ0v) is 8.59. The van der Waals surface area contributed by atoms with Gasteiger partial charge in [-0.05, 0) is 19.1 Å². The van der Waals surface area contributed by atoms with Gasteiger partial charge in [-0.15, -0.1) is 0 Å². The van der Waals surface area contributed by atoms with Gasteiger partial charge in [0.15, 0.2) is 0 Å². The van der Waals surface area contributed by atoms with Crippen molar-refractivity contribution in [1.82, 2.24) is 19.7 Å². The van der Waals surface area contributed by atoms with Crippen molar-refractivity contribution in [3.63, 3.8) is 0 Å². The average Bonchev–Trinajstić information content (AvgIpc) is 2.71. The Bertz CT molecular complexity index is 410. The maximum absolute atomic E-state index is 4.24. The van der Waals surface area contributed by atoms with E-state index in [0.29, 0.717) is 0 Å². The fraction of sp³-hybridized carbons (Fsp3) is 0.300. The molecule has 0 unspecified atom stereocenters. The fourth-order valence-corrected chi connectivity index (χ4v) is 1.29. The van der Waals surface area contributed by atoms with Crippen molar-refractivity contribution in [1.29, 1.82) is 0 Å². The summed E-state index contributed by atoms with van der Waals surface area (Å²) in [5.41, 5.74) is 0. The number of anilines is 1. The van der Waals surface area contributed by atoms with Crippen LogP contribution in [-0.2, 0) is 6.54 Å². The van der Waals surface area contributed by atoms with Crippen LogP contribution in [0.5, 0.6) is 0 Å². The first-order valence-electron chi connectivity index (χ1n) is 4.85. The van der Waals surface area contributed by atoms with Gasteiger partial charge >= 0.3 is 0 Å². The summed E-state index contributed by atoms with van der Waals surface area (Å²) in [6, 6.07) is 3.77. The number of hydrogen-bond acceptors (Lipinski definition) is 4. The minimum atomic E-state index is 0.777. The molecule has 5 nitrogen and oxygen atoms in total. The van der Waals surface area contributed by atoms with E-state index in [1.54, 1.807) is 12.4 Å². The maximum atomic E-state index is 4.24. The topological polar surface area (TPSA) is 55.6 Å². The number of aryl methyl sites for hydroxylation is 1. The van der Waals surface area contributed by atoms with Crippen molar-refractivity contribution < 1.29 is 0 Å². The predicted molar refractivity (Wildman–Crippen MR) is 57.5 cm³/mol. The molecule has 0 aliphatic carbocycles. The van der Waals surface area contributed by atoms with E-state index in [1.807, 2.05) is 29.9 Å². The minimum Gasteiger partial charge on any atom is -0.368 e. The Labute approximate surface area is 88.2 Å². The van der Waals surface area contributed by atoms with Gasteiger partial charge in [0.25, 0.3) is 0 Å². The molecule has 0 radical (unpaired) electrons. The smallest absolute Gasteiger partial charge is 0.129 e. The number of rotatable bonds is 4. The van der Waals surface area contributed by atoms with E-state index < -0.39 is 0 Å². The molecule has 0 amide bonds. The van der Waals surface area contributed by atoms with E-state index in [2.05, 4.69) is 20.4 Å². The van der Waals surface area contributed by atoms with Gasteiger partial charge in [0.2, 0.25) is 0 Å². The van der Waals surface area contributed by atoms with Gasteiger partial charge in [0.1, 0.15) is 11.6 Å². The van der Waals surface area contributed by atoms with Crippen LogP contribution in [0.25, 0.3) is 0 Å². The average molecular weight is 203 g/mol. The van der Waals surface area contributed by atoms with Crippen LogP contribution in [0.4, 0.5) is 5.82 Å². The monoisotopic (exact) mass is 203 g/mol. The molecule has 15 heavy (non-hydrogen) atoms. The molecule has 0 saturated carbocycles. The highest BCUT2D eigenvalue weighted by Gasteiger charge is 1.94. The SMILES string of the molecule is Cc1nccc(NCCn2cccn2)n1. The minimum absolute atomic E-state index is 0.777. The molecule has 0 saturated heterocycles. The van der Waals surface area contributed by atoms with Gasteiger partial charge in [0.05, 0.1) is 6.54 Å². The van der Waals surface area contributed by atoms with Crippen LogP contribution in [0.2, 0.25) is 0 Å². The van der Waals surface area contributed by atoms with Crippen LogP contribution in [0.3, 0.4) is 0 Å². The molecule has 2 aromatic rings. The van der Waals surface area contributed by atoms with Gasteiger partial charge in [-0.25, -0.2) is 9.97 Å². The normalized spacial score (nSPS) is 10.2. The summed E-state index contributed by atoms with van der Waals surface area (Å²) < 4.78 is 1.88. The molecule has 0 atom stereocenters. The lowest BCUT2D eigenvalue weighted by molar-refractivity contribution is 0.637. The molecule has 0 bridgehead atoms. The van der Waals surface area contributed by atoms with Gasteiger partial charge in [-0.3, -0.25) is 4.68 Å². The first-order chi connectivity index (χ1) is 7.34. The van der Waals surface area contributed by atoms with Crippen LogP contribution < -0.4 is 5.32 Å². The largest absolute Gasteiger partial charge is 0.368 e. The van der Waals surface area contributed by atoms with Crippen LogP contribution in [0, 0.1) is 6.92 Å². The van der Waals surface area contributed by atoms with Crippen molar-refractivity contribution in [2.45, 2.75) is 13.5 Å². The third-order valence-corrected chi connectivity index (χ3v) is 1.98. The lowest BCUT2D eigenvalue weighted by Gasteiger charge is -2.05. The standard InChI is InChI=1S/C10H13N5/c1-9-11-5-3-10(14-9)12-6-8-15-7-2-4-13-15/h2-5,7H,6,8H2,1H3,(H,11,12,14). The molecule has 0 aliphatic heterocycles. The Balaban J connectivity index is 1.83. The van der Waals surface area contributed by atoms with E-state index in [0.717, 1.165) is 24.7 Å². The summed E-state index contributed by atoms with van der Waals surface area (Å²) in [5, 5.41) is 7.32. The molecule has 2 heterocycles. The van der Waals surface area contributed by atoms with E-state index >= 15 is 0 Å². The Morgan fingerprint density at radius 3 is 3.07 bits per heavy atom. The molecule has 5 heteroatoms. The zero-order chi connectivity index (χ0) is 10.5. The van der Waals surface area contributed by atoms with E-state index in [1.165, 1.54) is 0 Å². The third-order valence-electron chi connectivity index (χ3n) is 1.98. The number of nitrogens with one attached hydrogen (secondary N) is 1. The highest BCUT2D eigenvalue weighted by molar-refractivity contribution is 5.32. The zero-order valence-electron chi connectivity index (χ0n) is 8.59. The molecule has 0 aliphatic rings. The molecular weight excluding hydrogens is 190 g/mol. The van der Waals surface area contributed by atoms with Crippen LogP contribution in [-0.4, -0.2) is 26.3 Å².